The summed E-state index contributed by atoms with van der Waals surface area (Å²) in [7, 11) is 1.42. The van der Waals surface area contributed by atoms with Crippen molar-refractivity contribution in [3.63, 3.8) is 0 Å². The van der Waals surface area contributed by atoms with Crippen molar-refractivity contribution in [2.45, 2.75) is 6.18 Å². The minimum Gasteiger partial charge on any atom is -0.481 e. The number of rotatable bonds is 4. The van der Waals surface area contributed by atoms with Crippen molar-refractivity contribution < 1.29 is 22.7 Å². The summed E-state index contributed by atoms with van der Waals surface area (Å²) in [5.41, 5.74) is -0.706. The topological polar surface area (TPSA) is 86.3 Å². The molecule has 0 radical (unpaired) electrons. The zero-order valence-corrected chi connectivity index (χ0v) is 17.0. The van der Waals surface area contributed by atoms with E-state index in [1.807, 2.05) is 0 Å². The molecule has 8 nitrogen and oxygen atoms in total. The average Bonchev–Trinajstić information content (AvgIpc) is 3.45. The third-order valence-electron chi connectivity index (χ3n) is 5.10. The molecule has 166 valence electrons. The Morgan fingerprint density at radius 2 is 1.91 bits per heavy atom. The standard InChI is InChI=1S/C22H15F3N6O2/c1-33-21-15-3-2-4-17(14(15)7-8-27-21)31-19(22(23,24)25)16(11-28-31)20(32)29-13-5-6-18-26-9-10-30(18)12-13/h2-12H,1H3,(H,29,32). The summed E-state index contributed by atoms with van der Waals surface area (Å²) in [6, 6.07) is 9.50. The van der Waals surface area contributed by atoms with Crippen molar-refractivity contribution in [3.8, 4) is 11.6 Å². The molecule has 11 heteroatoms. The number of pyridine rings is 2. The van der Waals surface area contributed by atoms with Crippen LogP contribution in [0, 0.1) is 0 Å². The molecule has 0 atom stereocenters. The van der Waals surface area contributed by atoms with Gasteiger partial charge in [0, 0.05) is 35.6 Å². The predicted octanol–water partition coefficient (Wildman–Crippen LogP) is 4.35. The van der Waals surface area contributed by atoms with Crippen molar-refractivity contribution in [1.29, 1.82) is 0 Å². The Kier molecular flexibility index (Phi) is 4.73. The first-order valence-corrected chi connectivity index (χ1v) is 9.68. The number of nitrogens with one attached hydrogen (secondary N) is 1. The number of methoxy groups -OCH3 is 1. The largest absolute Gasteiger partial charge is 0.481 e. The number of amides is 1. The van der Waals surface area contributed by atoms with Crippen LogP contribution in [0.15, 0.2) is 67.4 Å². The third-order valence-corrected chi connectivity index (χ3v) is 5.10. The van der Waals surface area contributed by atoms with Crippen LogP contribution in [0.3, 0.4) is 0 Å². The first-order chi connectivity index (χ1) is 15.9. The Hall–Kier alpha value is -4.41. The summed E-state index contributed by atoms with van der Waals surface area (Å²) >= 11 is 0. The van der Waals surface area contributed by atoms with E-state index in [0.29, 0.717) is 22.1 Å². The van der Waals surface area contributed by atoms with Crippen molar-refractivity contribution in [3.05, 3.63) is 78.6 Å². The summed E-state index contributed by atoms with van der Waals surface area (Å²) in [5.74, 6) is -0.671. The van der Waals surface area contributed by atoms with Gasteiger partial charge in [-0.3, -0.25) is 4.79 Å². The van der Waals surface area contributed by atoms with E-state index < -0.39 is 23.3 Å². The number of hydrogen-bond donors (Lipinski definition) is 1. The molecule has 0 fully saturated rings. The van der Waals surface area contributed by atoms with E-state index in [-0.39, 0.29) is 11.6 Å². The van der Waals surface area contributed by atoms with Crippen LogP contribution in [0.1, 0.15) is 16.1 Å². The Labute approximate surface area is 184 Å². The molecule has 0 spiro atoms. The summed E-state index contributed by atoms with van der Waals surface area (Å²) in [6.45, 7) is 0. The fourth-order valence-electron chi connectivity index (χ4n) is 3.67. The predicted molar refractivity (Wildman–Crippen MR) is 114 cm³/mol. The number of imidazole rings is 1. The molecule has 0 bridgehead atoms. The quantitative estimate of drug-likeness (QED) is 0.438. The van der Waals surface area contributed by atoms with Crippen LogP contribution >= 0.6 is 0 Å². The highest BCUT2D eigenvalue weighted by molar-refractivity contribution is 6.05. The number of anilines is 1. The number of benzene rings is 1. The van der Waals surface area contributed by atoms with Gasteiger partial charge in [-0.25, -0.2) is 14.6 Å². The summed E-state index contributed by atoms with van der Waals surface area (Å²) in [4.78, 5) is 21.0. The number of halogens is 3. The minimum atomic E-state index is -4.85. The molecule has 5 aromatic rings. The molecule has 1 amide bonds. The second-order valence-electron chi connectivity index (χ2n) is 7.07. The first kappa shape index (κ1) is 20.5. The molecule has 5 rings (SSSR count). The molecular formula is C22H15F3N6O2. The van der Waals surface area contributed by atoms with E-state index in [4.69, 9.17) is 4.74 Å². The fraction of sp³-hybridized carbons (Fsp3) is 0.0909. The zero-order chi connectivity index (χ0) is 23.2. The van der Waals surface area contributed by atoms with Gasteiger partial charge in [0.25, 0.3) is 5.91 Å². The van der Waals surface area contributed by atoms with Gasteiger partial charge < -0.3 is 14.5 Å². The van der Waals surface area contributed by atoms with Gasteiger partial charge >= 0.3 is 6.18 Å². The molecule has 0 unspecified atom stereocenters. The highest BCUT2D eigenvalue weighted by Crippen LogP contribution is 2.36. The van der Waals surface area contributed by atoms with Gasteiger partial charge in [0.15, 0.2) is 5.69 Å². The van der Waals surface area contributed by atoms with Gasteiger partial charge in [-0.1, -0.05) is 6.07 Å². The van der Waals surface area contributed by atoms with E-state index in [2.05, 4.69) is 20.4 Å². The van der Waals surface area contributed by atoms with Gasteiger partial charge in [0.2, 0.25) is 5.88 Å². The van der Waals surface area contributed by atoms with Gasteiger partial charge in [-0.05, 0) is 30.3 Å². The Bertz CT molecular complexity index is 1510. The van der Waals surface area contributed by atoms with Crippen LogP contribution in [0.4, 0.5) is 18.9 Å². The van der Waals surface area contributed by atoms with Crippen molar-refractivity contribution >= 4 is 28.0 Å². The number of aromatic nitrogens is 5. The normalized spacial score (nSPS) is 11.8. The van der Waals surface area contributed by atoms with Crippen molar-refractivity contribution in [2.75, 3.05) is 12.4 Å². The van der Waals surface area contributed by atoms with Crippen LogP contribution < -0.4 is 10.1 Å². The number of nitrogens with zero attached hydrogens (tertiary/aromatic N) is 5. The smallest absolute Gasteiger partial charge is 0.434 e. The second-order valence-corrected chi connectivity index (χ2v) is 7.07. The lowest BCUT2D eigenvalue weighted by Crippen LogP contribution is -2.21. The van der Waals surface area contributed by atoms with Crippen LogP contribution in [0.25, 0.3) is 22.1 Å². The maximum atomic E-state index is 14.1. The third kappa shape index (κ3) is 3.53. The molecule has 1 aromatic carbocycles. The molecule has 0 aliphatic carbocycles. The van der Waals surface area contributed by atoms with Crippen molar-refractivity contribution in [1.82, 2.24) is 24.1 Å². The maximum absolute atomic E-state index is 14.1. The molecule has 4 aromatic heterocycles. The van der Waals surface area contributed by atoms with Gasteiger partial charge in [-0.2, -0.15) is 18.3 Å². The van der Waals surface area contributed by atoms with Crippen LogP contribution in [0.5, 0.6) is 5.88 Å². The lowest BCUT2D eigenvalue weighted by molar-refractivity contribution is -0.143. The highest BCUT2D eigenvalue weighted by atomic mass is 19.4. The average molecular weight is 452 g/mol. The molecule has 0 aliphatic rings. The molecule has 0 saturated carbocycles. The SMILES string of the molecule is COc1nccc2c(-n3ncc(C(=O)Nc4ccc5nccn5c4)c3C(F)(F)F)cccc12. The monoisotopic (exact) mass is 452 g/mol. The first-order valence-electron chi connectivity index (χ1n) is 9.68. The second kappa shape index (κ2) is 7.62. The molecular weight excluding hydrogens is 437 g/mol. The molecule has 33 heavy (non-hydrogen) atoms. The Morgan fingerprint density at radius 1 is 1.06 bits per heavy atom. The summed E-state index contributed by atoms with van der Waals surface area (Å²) in [6.07, 6.45) is 2.28. The fourth-order valence-corrected chi connectivity index (χ4v) is 3.67. The van der Waals surface area contributed by atoms with Crippen molar-refractivity contribution in [2.24, 2.45) is 0 Å². The number of carbonyl (C=O) groups excluding carboxylic acids is 1. The molecule has 4 heterocycles. The minimum absolute atomic E-state index is 0.138. The van der Waals surface area contributed by atoms with E-state index in [9.17, 15) is 18.0 Å². The van der Waals surface area contributed by atoms with E-state index in [0.717, 1.165) is 10.9 Å². The summed E-state index contributed by atoms with van der Waals surface area (Å²) in [5, 5.41) is 7.38. The number of alkyl halides is 3. The summed E-state index contributed by atoms with van der Waals surface area (Å²) < 4.78 is 50.0. The maximum Gasteiger partial charge on any atom is 0.434 e. The van der Waals surface area contributed by atoms with Gasteiger partial charge in [-0.15, -0.1) is 0 Å². The van der Waals surface area contributed by atoms with Gasteiger partial charge in [0.1, 0.15) is 5.65 Å². The molecule has 0 aliphatic heterocycles. The Balaban J connectivity index is 1.61. The van der Waals surface area contributed by atoms with E-state index in [1.54, 1.807) is 53.3 Å². The van der Waals surface area contributed by atoms with E-state index in [1.165, 1.54) is 19.4 Å². The number of carbonyl (C=O) groups is 1. The number of fused-ring (bicyclic) bond motifs is 2. The van der Waals surface area contributed by atoms with E-state index >= 15 is 0 Å². The molecule has 1 N–H and O–H groups in total. The van der Waals surface area contributed by atoms with Crippen LogP contribution in [-0.4, -0.2) is 37.2 Å². The zero-order valence-electron chi connectivity index (χ0n) is 17.0. The Morgan fingerprint density at radius 3 is 2.70 bits per heavy atom. The van der Waals surface area contributed by atoms with Gasteiger partial charge in [0.05, 0.1) is 30.2 Å². The highest BCUT2D eigenvalue weighted by Gasteiger charge is 2.41. The number of ether oxygens (including phenoxy) is 1. The lowest BCUT2D eigenvalue weighted by Gasteiger charge is -2.15. The van der Waals surface area contributed by atoms with Crippen LogP contribution in [0.2, 0.25) is 0 Å². The number of hydrogen-bond acceptors (Lipinski definition) is 5. The lowest BCUT2D eigenvalue weighted by atomic mass is 10.1. The molecule has 0 saturated heterocycles. The van der Waals surface area contributed by atoms with Crippen LogP contribution in [-0.2, 0) is 6.18 Å².